The van der Waals surface area contributed by atoms with Crippen molar-refractivity contribution in [3.05, 3.63) is 64.1 Å². The van der Waals surface area contributed by atoms with E-state index in [-0.39, 0.29) is 0 Å². The van der Waals surface area contributed by atoms with Gasteiger partial charge in [0.15, 0.2) is 0 Å². The molecule has 0 radical (unpaired) electrons. The van der Waals surface area contributed by atoms with Gasteiger partial charge in [0, 0.05) is 10.2 Å². The highest BCUT2D eigenvalue weighted by Gasteiger charge is 2.32. The van der Waals surface area contributed by atoms with E-state index in [1.807, 2.05) is 6.07 Å². The molecule has 1 unspecified atom stereocenters. The second-order valence-electron chi connectivity index (χ2n) is 5.35. The van der Waals surface area contributed by atoms with Gasteiger partial charge >= 0.3 is 0 Å². The summed E-state index contributed by atoms with van der Waals surface area (Å²) in [6.07, 6.45) is 2.66. The molecule has 1 aliphatic rings. The molecule has 0 heterocycles. The van der Waals surface area contributed by atoms with Gasteiger partial charge in [-0.25, -0.2) is 0 Å². The fraction of sp³-hybridized carbons (Fsp3) is 0.294. The standard InChI is InChI=1S/C17H18BrN/c1-12-6-8-13(9-7-12)17(14-10-11-14)19-16-5-3-2-4-15(16)18/h2-9,14,17,19H,10-11H2,1H3. The molecule has 98 valence electrons. The number of hydrogen-bond acceptors (Lipinski definition) is 1. The lowest BCUT2D eigenvalue weighted by molar-refractivity contribution is 0.678. The fourth-order valence-electron chi connectivity index (χ4n) is 2.42. The van der Waals surface area contributed by atoms with Crippen molar-refractivity contribution in [2.45, 2.75) is 25.8 Å². The first-order valence-corrected chi connectivity index (χ1v) is 7.61. The van der Waals surface area contributed by atoms with E-state index in [1.54, 1.807) is 0 Å². The van der Waals surface area contributed by atoms with Crippen LogP contribution in [-0.2, 0) is 0 Å². The van der Waals surface area contributed by atoms with Crippen molar-refractivity contribution in [1.29, 1.82) is 0 Å². The maximum absolute atomic E-state index is 3.70. The van der Waals surface area contributed by atoms with Gasteiger partial charge in [-0.3, -0.25) is 0 Å². The monoisotopic (exact) mass is 315 g/mol. The van der Waals surface area contributed by atoms with Crippen molar-refractivity contribution in [3.63, 3.8) is 0 Å². The highest BCUT2D eigenvalue weighted by atomic mass is 79.9. The molecular formula is C17H18BrN. The number of aryl methyl sites for hydroxylation is 1. The third kappa shape index (κ3) is 3.01. The Kier molecular flexibility index (Phi) is 3.61. The van der Waals surface area contributed by atoms with Gasteiger partial charge in [-0.05, 0) is 59.3 Å². The molecule has 1 aliphatic carbocycles. The first-order valence-electron chi connectivity index (χ1n) is 6.81. The van der Waals surface area contributed by atoms with Crippen LogP contribution in [0.3, 0.4) is 0 Å². The predicted octanol–water partition coefficient (Wildman–Crippen LogP) is 5.32. The Labute approximate surface area is 123 Å². The minimum absolute atomic E-state index is 0.430. The summed E-state index contributed by atoms with van der Waals surface area (Å²) in [6, 6.07) is 17.7. The topological polar surface area (TPSA) is 12.0 Å². The van der Waals surface area contributed by atoms with Gasteiger partial charge < -0.3 is 5.32 Å². The van der Waals surface area contributed by atoms with Gasteiger partial charge in [-0.1, -0.05) is 42.0 Å². The van der Waals surface area contributed by atoms with Crippen LogP contribution in [0.15, 0.2) is 53.0 Å². The molecule has 1 N–H and O–H groups in total. The Balaban J connectivity index is 1.86. The average Bonchev–Trinajstić information content (AvgIpc) is 3.24. The summed E-state index contributed by atoms with van der Waals surface area (Å²) < 4.78 is 1.13. The normalized spacial score (nSPS) is 16.1. The van der Waals surface area contributed by atoms with Crippen LogP contribution in [0.1, 0.15) is 30.0 Å². The summed E-state index contributed by atoms with van der Waals surface area (Å²) in [7, 11) is 0. The van der Waals surface area contributed by atoms with Gasteiger partial charge in [-0.15, -0.1) is 0 Å². The SMILES string of the molecule is Cc1ccc(C(Nc2ccccc2Br)C2CC2)cc1. The summed E-state index contributed by atoms with van der Waals surface area (Å²) in [5.74, 6) is 0.773. The smallest absolute Gasteiger partial charge is 0.0542 e. The van der Waals surface area contributed by atoms with Crippen LogP contribution in [0, 0.1) is 12.8 Å². The van der Waals surface area contributed by atoms with E-state index in [0.29, 0.717) is 6.04 Å². The lowest BCUT2D eigenvalue weighted by Crippen LogP contribution is -2.13. The molecule has 2 aromatic rings. The quantitative estimate of drug-likeness (QED) is 0.805. The van der Waals surface area contributed by atoms with Crippen LogP contribution in [0.4, 0.5) is 5.69 Å². The Morgan fingerprint density at radius 1 is 1.05 bits per heavy atom. The van der Waals surface area contributed by atoms with Gasteiger partial charge in [-0.2, -0.15) is 0 Å². The molecule has 3 rings (SSSR count). The lowest BCUT2D eigenvalue weighted by Gasteiger charge is -2.21. The molecule has 0 saturated heterocycles. The van der Waals surface area contributed by atoms with Gasteiger partial charge in [0.1, 0.15) is 0 Å². The van der Waals surface area contributed by atoms with Crippen molar-refractivity contribution in [2.24, 2.45) is 5.92 Å². The molecule has 0 amide bonds. The molecule has 0 aliphatic heterocycles. The van der Waals surface area contributed by atoms with E-state index < -0.39 is 0 Å². The van der Waals surface area contributed by atoms with E-state index in [0.717, 1.165) is 10.4 Å². The number of halogens is 1. The number of para-hydroxylation sites is 1. The molecule has 0 aromatic heterocycles. The fourth-order valence-corrected chi connectivity index (χ4v) is 2.82. The number of anilines is 1. The van der Waals surface area contributed by atoms with Crippen molar-refractivity contribution >= 4 is 21.6 Å². The number of rotatable bonds is 4. The summed E-state index contributed by atoms with van der Waals surface area (Å²) in [5.41, 5.74) is 3.89. The van der Waals surface area contributed by atoms with E-state index in [1.165, 1.54) is 29.7 Å². The molecule has 2 heteroatoms. The minimum Gasteiger partial charge on any atom is -0.377 e. The third-order valence-electron chi connectivity index (χ3n) is 3.71. The summed E-state index contributed by atoms with van der Waals surface area (Å²) in [5, 5.41) is 3.70. The first kappa shape index (κ1) is 12.7. The minimum atomic E-state index is 0.430. The molecule has 2 aromatic carbocycles. The highest BCUT2D eigenvalue weighted by Crippen LogP contribution is 2.43. The molecule has 1 fully saturated rings. The Morgan fingerprint density at radius 3 is 2.37 bits per heavy atom. The zero-order valence-electron chi connectivity index (χ0n) is 11.1. The van der Waals surface area contributed by atoms with E-state index in [4.69, 9.17) is 0 Å². The zero-order chi connectivity index (χ0) is 13.2. The molecule has 1 saturated carbocycles. The third-order valence-corrected chi connectivity index (χ3v) is 4.41. The van der Waals surface area contributed by atoms with Crippen LogP contribution in [0.2, 0.25) is 0 Å². The largest absolute Gasteiger partial charge is 0.377 e. The lowest BCUT2D eigenvalue weighted by atomic mass is 10.0. The molecule has 0 spiro atoms. The van der Waals surface area contributed by atoms with Crippen molar-refractivity contribution in [1.82, 2.24) is 0 Å². The van der Waals surface area contributed by atoms with Crippen LogP contribution in [0.5, 0.6) is 0 Å². The molecular weight excluding hydrogens is 298 g/mol. The Hall–Kier alpha value is -1.28. The van der Waals surface area contributed by atoms with Crippen LogP contribution in [0.25, 0.3) is 0 Å². The van der Waals surface area contributed by atoms with E-state index in [9.17, 15) is 0 Å². The molecule has 1 nitrogen and oxygen atoms in total. The van der Waals surface area contributed by atoms with Crippen LogP contribution in [-0.4, -0.2) is 0 Å². The summed E-state index contributed by atoms with van der Waals surface area (Å²) >= 11 is 3.62. The van der Waals surface area contributed by atoms with E-state index in [2.05, 4.69) is 70.6 Å². The van der Waals surface area contributed by atoms with Gasteiger partial charge in [0.25, 0.3) is 0 Å². The molecule has 19 heavy (non-hydrogen) atoms. The second-order valence-corrected chi connectivity index (χ2v) is 6.20. The highest BCUT2D eigenvalue weighted by molar-refractivity contribution is 9.10. The maximum Gasteiger partial charge on any atom is 0.0542 e. The Morgan fingerprint density at radius 2 is 1.74 bits per heavy atom. The first-order chi connectivity index (χ1) is 9.24. The second kappa shape index (κ2) is 5.38. The maximum atomic E-state index is 3.70. The van der Waals surface area contributed by atoms with Crippen LogP contribution >= 0.6 is 15.9 Å². The van der Waals surface area contributed by atoms with Crippen molar-refractivity contribution in [3.8, 4) is 0 Å². The zero-order valence-corrected chi connectivity index (χ0v) is 12.7. The molecule has 0 bridgehead atoms. The molecule has 1 atom stereocenters. The van der Waals surface area contributed by atoms with Gasteiger partial charge in [0.05, 0.1) is 6.04 Å². The van der Waals surface area contributed by atoms with Crippen LogP contribution < -0.4 is 5.32 Å². The number of hydrogen-bond donors (Lipinski definition) is 1. The predicted molar refractivity (Wildman–Crippen MR) is 84.4 cm³/mol. The summed E-state index contributed by atoms with van der Waals surface area (Å²) in [4.78, 5) is 0. The number of nitrogens with one attached hydrogen (secondary N) is 1. The average molecular weight is 316 g/mol. The Bertz CT molecular complexity index is 558. The van der Waals surface area contributed by atoms with E-state index >= 15 is 0 Å². The summed E-state index contributed by atoms with van der Waals surface area (Å²) in [6.45, 7) is 2.14. The van der Waals surface area contributed by atoms with Crippen molar-refractivity contribution in [2.75, 3.05) is 5.32 Å². The van der Waals surface area contributed by atoms with Gasteiger partial charge in [0.2, 0.25) is 0 Å². The van der Waals surface area contributed by atoms with Crippen molar-refractivity contribution < 1.29 is 0 Å². The number of benzene rings is 2.